The zero-order valence-electron chi connectivity index (χ0n) is 14.0. The number of ether oxygens (including phenoxy) is 1. The Morgan fingerprint density at radius 3 is 2.62 bits per heavy atom. The highest BCUT2D eigenvalue weighted by atomic mass is 16.5. The van der Waals surface area contributed by atoms with Crippen LogP contribution in [0.25, 0.3) is 0 Å². The zero-order valence-corrected chi connectivity index (χ0v) is 14.0. The summed E-state index contributed by atoms with van der Waals surface area (Å²) in [6.07, 6.45) is 4.15. The summed E-state index contributed by atoms with van der Waals surface area (Å²) in [7, 11) is 2.06. The Bertz CT molecular complexity index is 319. The van der Waals surface area contributed by atoms with Crippen LogP contribution in [0.15, 0.2) is 0 Å². The van der Waals surface area contributed by atoms with Gasteiger partial charge in [0.15, 0.2) is 0 Å². The van der Waals surface area contributed by atoms with E-state index in [4.69, 9.17) is 4.74 Å². The first-order chi connectivity index (χ1) is 9.83. The maximum Gasteiger partial charge on any atom is 0.323 e. The highest BCUT2D eigenvalue weighted by Gasteiger charge is 2.32. The van der Waals surface area contributed by atoms with E-state index in [0.29, 0.717) is 6.42 Å². The van der Waals surface area contributed by atoms with Crippen molar-refractivity contribution < 1.29 is 14.6 Å². The smallest absolute Gasteiger partial charge is 0.323 e. The fraction of sp³-hybridized carbons (Fsp3) is 0.938. The number of nitrogens with one attached hydrogen (secondary N) is 1. The molecule has 1 atom stereocenters. The lowest BCUT2D eigenvalue weighted by atomic mass is 9.95. The number of hydrogen-bond acceptors (Lipinski definition) is 4. The van der Waals surface area contributed by atoms with E-state index in [1.54, 1.807) is 6.92 Å². The van der Waals surface area contributed by atoms with Gasteiger partial charge in [0.05, 0.1) is 6.61 Å². The normalized spacial score (nSPS) is 18.2. The summed E-state index contributed by atoms with van der Waals surface area (Å²) in [4.78, 5) is 13.6. The molecule has 1 aliphatic rings. The summed E-state index contributed by atoms with van der Waals surface area (Å²) >= 11 is 0. The topological polar surface area (TPSA) is 61.8 Å². The van der Waals surface area contributed by atoms with E-state index in [2.05, 4.69) is 17.3 Å². The molecule has 0 amide bonds. The van der Waals surface area contributed by atoms with E-state index in [9.17, 15) is 9.90 Å². The molecule has 21 heavy (non-hydrogen) atoms. The number of carboxylic acid groups (broad SMARTS) is 1. The number of rotatable bonds is 12. The third-order valence-corrected chi connectivity index (χ3v) is 3.96. The Kier molecular flexibility index (Phi) is 7.63. The molecule has 1 rings (SSSR count). The first kappa shape index (κ1) is 18.4. The molecule has 0 spiro atoms. The van der Waals surface area contributed by atoms with Gasteiger partial charge >= 0.3 is 5.97 Å². The lowest BCUT2D eigenvalue weighted by Gasteiger charge is -2.29. The van der Waals surface area contributed by atoms with Gasteiger partial charge in [0.25, 0.3) is 0 Å². The average molecular weight is 300 g/mol. The second-order valence-electron chi connectivity index (χ2n) is 6.86. The lowest BCUT2D eigenvalue weighted by molar-refractivity contribution is -0.144. The van der Waals surface area contributed by atoms with Crippen molar-refractivity contribution >= 4 is 5.97 Å². The van der Waals surface area contributed by atoms with Gasteiger partial charge in [0.1, 0.15) is 5.54 Å². The largest absolute Gasteiger partial charge is 0.480 e. The molecular weight excluding hydrogens is 268 g/mol. The van der Waals surface area contributed by atoms with Gasteiger partial charge in [-0.2, -0.15) is 0 Å². The molecule has 1 aliphatic carbocycles. The van der Waals surface area contributed by atoms with E-state index in [-0.39, 0.29) is 6.04 Å². The fourth-order valence-electron chi connectivity index (χ4n) is 2.45. The molecule has 124 valence electrons. The van der Waals surface area contributed by atoms with Crippen LogP contribution in [-0.4, -0.2) is 60.9 Å². The van der Waals surface area contributed by atoms with Crippen molar-refractivity contribution in [2.75, 3.05) is 33.4 Å². The van der Waals surface area contributed by atoms with E-state index < -0.39 is 11.5 Å². The predicted molar refractivity (Wildman–Crippen MR) is 84.6 cm³/mol. The number of carbonyl (C=O) groups is 1. The van der Waals surface area contributed by atoms with Crippen molar-refractivity contribution in [3.8, 4) is 0 Å². The van der Waals surface area contributed by atoms with Crippen molar-refractivity contribution in [2.24, 2.45) is 5.92 Å². The van der Waals surface area contributed by atoms with Crippen molar-refractivity contribution in [1.29, 1.82) is 0 Å². The van der Waals surface area contributed by atoms with Crippen molar-refractivity contribution in [1.82, 2.24) is 10.2 Å². The van der Waals surface area contributed by atoms with E-state index >= 15 is 0 Å². The summed E-state index contributed by atoms with van der Waals surface area (Å²) in [6.45, 7) is 9.21. The van der Waals surface area contributed by atoms with Crippen LogP contribution in [0.2, 0.25) is 0 Å². The molecule has 0 radical (unpaired) electrons. The summed E-state index contributed by atoms with van der Waals surface area (Å²) < 4.78 is 5.62. The van der Waals surface area contributed by atoms with Crippen molar-refractivity contribution in [3.63, 3.8) is 0 Å². The molecule has 0 saturated heterocycles. The standard InChI is InChI=1S/C16H32N2O3/c1-13(2)17-16(3,15(19)20)8-5-9-18(4)10-11-21-12-14-6-7-14/h13-14,17H,5-12H2,1-4H3,(H,19,20). The first-order valence-corrected chi connectivity index (χ1v) is 8.11. The van der Waals surface area contributed by atoms with Gasteiger partial charge in [-0.3, -0.25) is 10.1 Å². The number of likely N-dealkylation sites (N-methyl/N-ethyl adjacent to an activating group) is 1. The molecule has 1 fully saturated rings. The minimum Gasteiger partial charge on any atom is -0.480 e. The molecule has 0 aromatic heterocycles. The van der Waals surface area contributed by atoms with E-state index in [0.717, 1.165) is 38.6 Å². The van der Waals surface area contributed by atoms with Crippen LogP contribution in [0.3, 0.4) is 0 Å². The van der Waals surface area contributed by atoms with Gasteiger partial charge < -0.3 is 14.7 Å². The molecule has 0 aromatic rings. The quantitative estimate of drug-likeness (QED) is 0.540. The predicted octanol–water partition coefficient (Wildman–Crippen LogP) is 1.97. The third kappa shape index (κ3) is 7.79. The van der Waals surface area contributed by atoms with Crippen molar-refractivity contribution in [2.45, 2.75) is 58.0 Å². The van der Waals surface area contributed by atoms with Crippen LogP contribution in [0.4, 0.5) is 0 Å². The maximum atomic E-state index is 11.4. The molecule has 0 heterocycles. The monoisotopic (exact) mass is 300 g/mol. The van der Waals surface area contributed by atoms with Gasteiger partial charge in [-0.1, -0.05) is 0 Å². The number of carboxylic acids is 1. The Morgan fingerprint density at radius 2 is 2.10 bits per heavy atom. The lowest BCUT2D eigenvalue weighted by Crippen LogP contribution is -2.52. The van der Waals surface area contributed by atoms with Crippen LogP contribution in [0, 0.1) is 5.92 Å². The molecule has 1 unspecified atom stereocenters. The van der Waals surface area contributed by atoms with Crippen LogP contribution in [0.5, 0.6) is 0 Å². The highest BCUT2D eigenvalue weighted by Crippen LogP contribution is 2.28. The third-order valence-electron chi connectivity index (χ3n) is 3.96. The Labute approximate surface area is 129 Å². The Balaban J connectivity index is 2.14. The Morgan fingerprint density at radius 1 is 1.43 bits per heavy atom. The van der Waals surface area contributed by atoms with E-state index in [1.807, 2.05) is 13.8 Å². The van der Waals surface area contributed by atoms with E-state index in [1.165, 1.54) is 12.8 Å². The van der Waals surface area contributed by atoms with Crippen molar-refractivity contribution in [3.05, 3.63) is 0 Å². The number of aliphatic carboxylic acids is 1. The summed E-state index contributed by atoms with van der Waals surface area (Å²) in [5.41, 5.74) is -0.836. The van der Waals surface area contributed by atoms with Gasteiger partial charge in [-0.05, 0) is 66.0 Å². The molecule has 0 aromatic carbocycles. The molecule has 5 nitrogen and oxygen atoms in total. The Hall–Kier alpha value is -0.650. The molecule has 2 N–H and O–H groups in total. The molecule has 0 bridgehead atoms. The SMILES string of the molecule is CC(C)NC(C)(CCCN(C)CCOCC1CC1)C(=O)O. The summed E-state index contributed by atoms with van der Waals surface area (Å²) in [5, 5.41) is 12.5. The summed E-state index contributed by atoms with van der Waals surface area (Å²) in [5.74, 6) is 0.0420. The van der Waals surface area contributed by atoms with Gasteiger partial charge in [0, 0.05) is 19.2 Å². The first-order valence-electron chi connectivity index (χ1n) is 8.11. The maximum absolute atomic E-state index is 11.4. The zero-order chi connectivity index (χ0) is 15.9. The van der Waals surface area contributed by atoms with Gasteiger partial charge in [0.2, 0.25) is 0 Å². The van der Waals surface area contributed by atoms with Gasteiger partial charge in [-0.25, -0.2) is 0 Å². The second kappa shape index (κ2) is 8.71. The van der Waals surface area contributed by atoms with Crippen LogP contribution in [0.1, 0.15) is 46.5 Å². The minimum absolute atomic E-state index is 0.166. The number of hydrogen-bond donors (Lipinski definition) is 2. The molecule has 0 aliphatic heterocycles. The highest BCUT2D eigenvalue weighted by molar-refractivity contribution is 5.78. The molecular formula is C16H32N2O3. The van der Waals surface area contributed by atoms with Crippen LogP contribution >= 0.6 is 0 Å². The molecule has 5 heteroatoms. The second-order valence-corrected chi connectivity index (χ2v) is 6.86. The number of nitrogens with zero attached hydrogens (tertiary/aromatic N) is 1. The van der Waals surface area contributed by atoms with Crippen LogP contribution < -0.4 is 5.32 Å². The van der Waals surface area contributed by atoms with Gasteiger partial charge in [-0.15, -0.1) is 0 Å². The average Bonchev–Trinajstić information content (AvgIpc) is 3.17. The summed E-state index contributed by atoms with van der Waals surface area (Å²) in [6, 6.07) is 0.166. The molecule has 1 saturated carbocycles. The van der Waals surface area contributed by atoms with Crippen LogP contribution in [-0.2, 0) is 9.53 Å². The fourth-order valence-corrected chi connectivity index (χ4v) is 2.45. The minimum atomic E-state index is -0.836.